The molecule has 4 heteroatoms. The van der Waals surface area contributed by atoms with Crippen LogP contribution in [-0.2, 0) is 16.8 Å². The number of anilines is 1. The Labute approximate surface area is 126 Å². The van der Waals surface area contributed by atoms with Crippen molar-refractivity contribution in [2.75, 3.05) is 19.5 Å². The standard InChI is InChI=1S/C17H23N3O/c1-17(2,3)14-10-15(18-4)20-16(19-14)13-9-7-6-8-12(13)11-21-5/h6-10H,11H2,1-5H3,(H,18,19,20). The molecule has 2 rings (SSSR count). The largest absolute Gasteiger partial charge is 0.380 e. The molecule has 2 aromatic rings. The number of nitrogens with one attached hydrogen (secondary N) is 1. The first-order valence-corrected chi connectivity index (χ1v) is 7.10. The van der Waals surface area contributed by atoms with Crippen molar-refractivity contribution in [2.24, 2.45) is 0 Å². The van der Waals surface area contributed by atoms with Gasteiger partial charge in [0.05, 0.1) is 12.3 Å². The van der Waals surface area contributed by atoms with Crippen molar-refractivity contribution in [2.45, 2.75) is 32.8 Å². The molecular weight excluding hydrogens is 262 g/mol. The van der Waals surface area contributed by atoms with E-state index in [1.54, 1.807) is 7.11 Å². The van der Waals surface area contributed by atoms with Gasteiger partial charge in [0.2, 0.25) is 0 Å². The number of ether oxygens (including phenoxy) is 1. The number of hydrogen-bond acceptors (Lipinski definition) is 4. The summed E-state index contributed by atoms with van der Waals surface area (Å²) < 4.78 is 5.27. The summed E-state index contributed by atoms with van der Waals surface area (Å²) in [6, 6.07) is 10.1. The molecule has 0 aliphatic heterocycles. The molecule has 1 N–H and O–H groups in total. The van der Waals surface area contributed by atoms with Gasteiger partial charge in [-0.05, 0) is 5.56 Å². The third-order valence-electron chi connectivity index (χ3n) is 3.31. The Kier molecular flexibility index (Phi) is 4.58. The highest BCUT2D eigenvalue weighted by Crippen LogP contribution is 2.27. The molecule has 0 radical (unpaired) electrons. The lowest BCUT2D eigenvalue weighted by Gasteiger charge is -2.20. The van der Waals surface area contributed by atoms with E-state index in [0.717, 1.165) is 28.5 Å². The first kappa shape index (κ1) is 15.4. The number of aromatic nitrogens is 2. The molecule has 0 aliphatic carbocycles. The molecule has 0 bridgehead atoms. The Morgan fingerprint density at radius 2 is 1.86 bits per heavy atom. The molecule has 0 saturated heterocycles. The van der Waals surface area contributed by atoms with Crippen molar-refractivity contribution < 1.29 is 4.74 Å². The van der Waals surface area contributed by atoms with Crippen LogP contribution < -0.4 is 5.32 Å². The molecule has 0 spiro atoms. The van der Waals surface area contributed by atoms with Gasteiger partial charge < -0.3 is 10.1 Å². The summed E-state index contributed by atoms with van der Waals surface area (Å²) in [4.78, 5) is 9.36. The molecule has 0 fully saturated rings. The molecular formula is C17H23N3O. The minimum Gasteiger partial charge on any atom is -0.380 e. The van der Waals surface area contributed by atoms with Crippen molar-refractivity contribution in [3.63, 3.8) is 0 Å². The van der Waals surface area contributed by atoms with Gasteiger partial charge >= 0.3 is 0 Å². The normalized spacial score (nSPS) is 11.5. The van der Waals surface area contributed by atoms with E-state index in [0.29, 0.717) is 6.61 Å². The van der Waals surface area contributed by atoms with E-state index in [4.69, 9.17) is 9.72 Å². The Hall–Kier alpha value is -1.94. The van der Waals surface area contributed by atoms with Crippen LogP contribution in [0.5, 0.6) is 0 Å². The highest BCUT2D eigenvalue weighted by molar-refractivity contribution is 5.62. The Morgan fingerprint density at radius 1 is 1.14 bits per heavy atom. The van der Waals surface area contributed by atoms with Gasteiger partial charge in [-0.25, -0.2) is 9.97 Å². The predicted molar refractivity (Wildman–Crippen MR) is 86.4 cm³/mol. The maximum absolute atomic E-state index is 5.27. The molecule has 112 valence electrons. The summed E-state index contributed by atoms with van der Waals surface area (Å²) in [6.45, 7) is 7.01. The van der Waals surface area contributed by atoms with Gasteiger partial charge in [-0.3, -0.25) is 0 Å². The van der Waals surface area contributed by atoms with Crippen LogP contribution in [0.3, 0.4) is 0 Å². The van der Waals surface area contributed by atoms with E-state index < -0.39 is 0 Å². The van der Waals surface area contributed by atoms with Gasteiger partial charge in [0.1, 0.15) is 5.82 Å². The van der Waals surface area contributed by atoms with E-state index in [-0.39, 0.29) is 5.41 Å². The summed E-state index contributed by atoms with van der Waals surface area (Å²) in [5.41, 5.74) is 3.10. The van der Waals surface area contributed by atoms with E-state index in [1.807, 2.05) is 37.4 Å². The maximum Gasteiger partial charge on any atom is 0.162 e. The maximum atomic E-state index is 5.27. The Morgan fingerprint density at radius 3 is 2.48 bits per heavy atom. The minimum atomic E-state index is -0.0283. The molecule has 4 nitrogen and oxygen atoms in total. The van der Waals surface area contributed by atoms with Crippen molar-refractivity contribution in [3.8, 4) is 11.4 Å². The molecule has 21 heavy (non-hydrogen) atoms. The monoisotopic (exact) mass is 285 g/mol. The van der Waals surface area contributed by atoms with Gasteiger partial charge in [-0.1, -0.05) is 45.0 Å². The van der Waals surface area contributed by atoms with E-state index in [1.165, 1.54) is 0 Å². The fourth-order valence-electron chi connectivity index (χ4n) is 2.10. The lowest BCUT2D eigenvalue weighted by atomic mass is 9.91. The molecule has 1 aromatic carbocycles. The first-order valence-electron chi connectivity index (χ1n) is 7.10. The van der Waals surface area contributed by atoms with Gasteiger partial charge in [0, 0.05) is 31.2 Å². The predicted octanol–water partition coefficient (Wildman–Crippen LogP) is 3.63. The fraction of sp³-hybridized carbons (Fsp3) is 0.412. The lowest BCUT2D eigenvalue weighted by Crippen LogP contribution is -2.15. The van der Waals surface area contributed by atoms with Crippen molar-refractivity contribution in [3.05, 3.63) is 41.6 Å². The quantitative estimate of drug-likeness (QED) is 0.932. The molecule has 1 aromatic heterocycles. The zero-order valence-electron chi connectivity index (χ0n) is 13.4. The van der Waals surface area contributed by atoms with Gasteiger partial charge in [-0.2, -0.15) is 0 Å². The summed E-state index contributed by atoms with van der Waals surface area (Å²) in [5.74, 6) is 1.57. The highest BCUT2D eigenvalue weighted by Gasteiger charge is 2.19. The lowest BCUT2D eigenvalue weighted by molar-refractivity contribution is 0.185. The second kappa shape index (κ2) is 6.22. The zero-order chi connectivity index (χ0) is 15.5. The van der Waals surface area contributed by atoms with Crippen molar-refractivity contribution in [1.82, 2.24) is 9.97 Å². The van der Waals surface area contributed by atoms with Crippen LogP contribution in [0.15, 0.2) is 30.3 Å². The molecule has 0 amide bonds. The summed E-state index contributed by atoms with van der Waals surface area (Å²) in [7, 11) is 3.57. The molecule has 0 aliphatic rings. The SMILES string of the molecule is CNc1cc(C(C)(C)C)nc(-c2ccccc2COC)n1. The number of benzene rings is 1. The summed E-state index contributed by atoms with van der Waals surface area (Å²) >= 11 is 0. The van der Waals surface area contributed by atoms with E-state index >= 15 is 0 Å². The van der Waals surface area contributed by atoms with Gasteiger partial charge in [0.25, 0.3) is 0 Å². The van der Waals surface area contributed by atoms with Crippen LogP contribution in [0.2, 0.25) is 0 Å². The van der Waals surface area contributed by atoms with E-state index in [2.05, 4.69) is 31.1 Å². The third-order valence-corrected chi connectivity index (χ3v) is 3.31. The topological polar surface area (TPSA) is 47.0 Å². The number of methoxy groups -OCH3 is 1. The van der Waals surface area contributed by atoms with Crippen LogP contribution in [-0.4, -0.2) is 24.1 Å². The fourth-order valence-corrected chi connectivity index (χ4v) is 2.10. The molecule has 0 saturated carbocycles. The molecule has 0 unspecified atom stereocenters. The van der Waals surface area contributed by atoms with Gasteiger partial charge in [0.15, 0.2) is 5.82 Å². The average Bonchev–Trinajstić information content (AvgIpc) is 2.47. The van der Waals surface area contributed by atoms with Crippen LogP contribution in [0, 0.1) is 0 Å². The van der Waals surface area contributed by atoms with Crippen LogP contribution in [0.4, 0.5) is 5.82 Å². The van der Waals surface area contributed by atoms with Crippen LogP contribution >= 0.6 is 0 Å². The zero-order valence-corrected chi connectivity index (χ0v) is 13.4. The minimum absolute atomic E-state index is 0.0283. The number of hydrogen-bond donors (Lipinski definition) is 1. The second-order valence-electron chi connectivity index (χ2n) is 6.05. The van der Waals surface area contributed by atoms with Crippen LogP contribution in [0.25, 0.3) is 11.4 Å². The summed E-state index contributed by atoms with van der Waals surface area (Å²) in [5, 5.41) is 3.12. The Balaban J connectivity index is 2.58. The first-order chi connectivity index (χ1) is 9.95. The number of nitrogens with zero attached hydrogens (tertiary/aromatic N) is 2. The Bertz CT molecular complexity index is 618. The smallest absolute Gasteiger partial charge is 0.162 e. The molecule has 0 atom stereocenters. The summed E-state index contributed by atoms with van der Waals surface area (Å²) in [6.07, 6.45) is 0. The number of rotatable bonds is 4. The molecule has 1 heterocycles. The van der Waals surface area contributed by atoms with Crippen molar-refractivity contribution >= 4 is 5.82 Å². The van der Waals surface area contributed by atoms with E-state index in [9.17, 15) is 0 Å². The van der Waals surface area contributed by atoms with Crippen LogP contribution in [0.1, 0.15) is 32.0 Å². The third kappa shape index (κ3) is 3.58. The average molecular weight is 285 g/mol. The van der Waals surface area contributed by atoms with Crippen molar-refractivity contribution in [1.29, 1.82) is 0 Å². The second-order valence-corrected chi connectivity index (χ2v) is 6.05. The highest BCUT2D eigenvalue weighted by atomic mass is 16.5. The van der Waals surface area contributed by atoms with Gasteiger partial charge in [-0.15, -0.1) is 0 Å².